The summed E-state index contributed by atoms with van der Waals surface area (Å²) >= 11 is 4.76. The van der Waals surface area contributed by atoms with Crippen LogP contribution in [0.25, 0.3) is 0 Å². The highest BCUT2D eigenvalue weighted by Crippen LogP contribution is 2.36. The van der Waals surface area contributed by atoms with Crippen molar-refractivity contribution < 1.29 is 9.84 Å². The van der Waals surface area contributed by atoms with E-state index in [4.69, 9.17) is 15.6 Å². The Morgan fingerprint density at radius 1 is 1.83 bits per heavy atom. The van der Waals surface area contributed by atoms with Crippen molar-refractivity contribution in [2.45, 2.75) is 6.04 Å². The second-order valence-corrected chi connectivity index (χ2v) is 4.18. The molecule has 1 aromatic heterocycles. The van der Waals surface area contributed by atoms with Crippen molar-refractivity contribution in [3.05, 3.63) is 15.4 Å². The summed E-state index contributed by atoms with van der Waals surface area (Å²) in [4.78, 5) is 0.918. The smallest absolute Gasteiger partial charge is 0.188 e. The Kier molecular flexibility index (Phi) is 3.52. The molecule has 68 valence electrons. The number of ether oxygens (including phenoxy) is 1. The Labute approximate surface area is 83.3 Å². The highest BCUT2D eigenvalue weighted by Gasteiger charge is 2.11. The van der Waals surface area contributed by atoms with Crippen LogP contribution < -0.4 is 10.5 Å². The van der Waals surface area contributed by atoms with E-state index in [0.717, 1.165) is 14.4 Å². The number of aliphatic hydroxyl groups is 1. The molecule has 0 amide bonds. The largest absolute Gasteiger partial charge is 0.486 e. The first-order valence-electron chi connectivity index (χ1n) is 3.38. The van der Waals surface area contributed by atoms with Crippen molar-refractivity contribution in [2.24, 2.45) is 5.73 Å². The molecule has 1 rings (SSSR count). The van der Waals surface area contributed by atoms with Gasteiger partial charge in [-0.2, -0.15) is 0 Å². The lowest BCUT2D eigenvalue weighted by atomic mass is 10.3. The fourth-order valence-electron chi connectivity index (χ4n) is 0.781. The van der Waals surface area contributed by atoms with Gasteiger partial charge in [0.1, 0.15) is 0 Å². The number of methoxy groups -OCH3 is 1. The number of rotatable bonds is 3. The second kappa shape index (κ2) is 4.23. The van der Waals surface area contributed by atoms with Gasteiger partial charge in [0.05, 0.1) is 24.2 Å². The van der Waals surface area contributed by atoms with Crippen LogP contribution in [0.2, 0.25) is 0 Å². The van der Waals surface area contributed by atoms with Gasteiger partial charge in [0.15, 0.2) is 5.06 Å². The highest BCUT2D eigenvalue weighted by molar-refractivity contribution is 9.10. The average molecular weight is 252 g/mol. The van der Waals surface area contributed by atoms with Crippen LogP contribution in [0, 0.1) is 0 Å². The molecule has 1 heterocycles. The van der Waals surface area contributed by atoms with E-state index in [0.29, 0.717) is 0 Å². The molecule has 0 saturated carbocycles. The molecule has 1 atom stereocenters. The highest BCUT2D eigenvalue weighted by atomic mass is 79.9. The third kappa shape index (κ3) is 1.98. The summed E-state index contributed by atoms with van der Waals surface area (Å²) in [7, 11) is 1.60. The number of thiophene rings is 1. The first-order valence-corrected chi connectivity index (χ1v) is 4.99. The van der Waals surface area contributed by atoms with E-state index in [1.807, 2.05) is 6.07 Å². The summed E-state index contributed by atoms with van der Waals surface area (Å²) in [5.41, 5.74) is 5.62. The van der Waals surface area contributed by atoms with Gasteiger partial charge in [0.2, 0.25) is 0 Å². The van der Waals surface area contributed by atoms with Crippen molar-refractivity contribution in [3.63, 3.8) is 0 Å². The fourth-order valence-corrected chi connectivity index (χ4v) is 2.44. The lowest BCUT2D eigenvalue weighted by Gasteiger charge is -2.02. The molecule has 0 unspecified atom stereocenters. The maximum atomic E-state index is 8.79. The van der Waals surface area contributed by atoms with Gasteiger partial charge in [-0.25, -0.2) is 0 Å². The summed E-state index contributed by atoms with van der Waals surface area (Å²) in [6.45, 7) is -0.0455. The quantitative estimate of drug-likeness (QED) is 0.857. The predicted octanol–water partition coefficient (Wildman–Crippen LogP) is 1.51. The van der Waals surface area contributed by atoms with Crippen LogP contribution in [-0.2, 0) is 0 Å². The predicted molar refractivity (Wildman–Crippen MR) is 52.6 cm³/mol. The van der Waals surface area contributed by atoms with Crippen LogP contribution >= 0.6 is 27.3 Å². The first-order chi connectivity index (χ1) is 5.69. The first kappa shape index (κ1) is 9.98. The van der Waals surface area contributed by atoms with E-state index < -0.39 is 0 Å². The van der Waals surface area contributed by atoms with E-state index in [9.17, 15) is 0 Å². The van der Waals surface area contributed by atoms with Crippen LogP contribution in [0.1, 0.15) is 10.9 Å². The summed E-state index contributed by atoms with van der Waals surface area (Å²) < 4.78 is 5.94. The molecule has 3 N–H and O–H groups in total. The van der Waals surface area contributed by atoms with Crippen LogP contribution in [0.5, 0.6) is 5.06 Å². The standard InChI is InChI=1S/C7H10BrNO2S/c1-11-7-4(8)2-6(12-7)5(9)3-10/h2,5,10H,3,9H2,1H3/t5-/m0/s1. The third-order valence-corrected chi connectivity index (χ3v) is 3.50. The lowest BCUT2D eigenvalue weighted by molar-refractivity contribution is 0.269. The van der Waals surface area contributed by atoms with E-state index in [-0.39, 0.29) is 12.6 Å². The monoisotopic (exact) mass is 251 g/mol. The Balaban J connectivity index is 2.88. The molecular weight excluding hydrogens is 242 g/mol. The van der Waals surface area contributed by atoms with Gasteiger partial charge in [0.25, 0.3) is 0 Å². The number of aliphatic hydroxyl groups excluding tert-OH is 1. The Morgan fingerprint density at radius 3 is 2.92 bits per heavy atom. The summed E-state index contributed by atoms with van der Waals surface area (Å²) in [5, 5.41) is 9.57. The minimum Gasteiger partial charge on any atom is -0.486 e. The van der Waals surface area contributed by atoms with Crippen LogP contribution in [0.4, 0.5) is 0 Å². The molecule has 0 aliphatic rings. The van der Waals surface area contributed by atoms with Crippen molar-refractivity contribution in [1.82, 2.24) is 0 Å². The van der Waals surface area contributed by atoms with Crippen LogP contribution in [0.3, 0.4) is 0 Å². The zero-order valence-electron chi connectivity index (χ0n) is 6.58. The van der Waals surface area contributed by atoms with Gasteiger partial charge in [0, 0.05) is 4.88 Å². The molecule has 0 bridgehead atoms. The molecule has 0 saturated heterocycles. The van der Waals surface area contributed by atoms with Crippen molar-refractivity contribution >= 4 is 27.3 Å². The van der Waals surface area contributed by atoms with Gasteiger partial charge < -0.3 is 15.6 Å². The molecule has 1 aromatic rings. The summed E-state index contributed by atoms with van der Waals surface area (Å²) in [6, 6.07) is 1.56. The summed E-state index contributed by atoms with van der Waals surface area (Å²) in [5.74, 6) is 0. The zero-order chi connectivity index (χ0) is 9.14. The molecule has 0 spiro atoms. The van der Waals surface area contributed by atoms with E-state index in [1.54, 1.807) is 7.11 Å². The number of hydrogen-bond acceptors (Lipinski definition) is 4. The fraction of sp³-hybridized carbons (Fsp3) is 0.429. The molecular formula is C7H10BrNO2S. The average Bonchev–Trinajstić information content (AvgIpc) is 2.45. The van der Waals surface area contributed by atoms with Gasteiger partial charge in [-0.3, -0.25) is 0 Å². The van der Waals surface area contributed by atoms with E-state index >= 15 is 0 Å². The second-order valence-electron chi connectivity index (χ2n) is 2.28. The maximum Gasteiger partial charge on any atom is 0.188 e. The number of nitrogens with two attached hydrogens (primary N) is 1. The van der Waals surface area contributed by atoms with Gasteiger partial charge in [-0.15, -0.1) is 11.3 Å². The van der Waals surface area contributed by atoms with Crippen LogP contribution in [-0.4, -0.2) is 18.8 Å². The number of halogens is 1. The Hall–Kier alpha value is -0.100. The Bertz CT molecular complexity index is 264. The van der Waals surface area contributed by atoms with Crippen LogP contribution in [0.15, 0.2) is 10.5 Å². The minimum absolute atomic E-state index is 0.0455. The minimum atomic E-state index is -0.310. The Morgan fingerprint density at radius 2 is 2.50 bits per heavy atom. The molecule has 0 radical (unpaired) electrons. The van der Waals surface area contributed by atoms with Crippen molar-refractivity contribution in [1.29, 1.82) is 0 Å². The van der Waals surface area contributed by atoms with E-state index in [2.05, 4.69) is 15.9 Å². The van der Waals surface area contributed by atoms with Crippen molar-refractivity contribution in [2.75, 3.05) is 13.7 Å². The third-order valence-electron chi connectivity index (χ3n) is 1.42. The molecule has 5 heteroatoms. The molecule has 12 heavy (non-hydrogen) atoms. The number of hydrogen-bond donors (Lipinski definition) is 2. The summed E-state index contributed by atoms with van der Waals surface area (Å²) in [6.07, 6.45) is 0. The zero-order valence-corrected chi connectivity index (χ0v) is 8.98. The van der Waals surface area contributed by atoms with Gasteiger partial charge in [-0.1, -0.05) is 0 Å². The molecule has 0 aliphatic heterocycles. The maximum absolute atomic E-state index is 8.79. The van der Waals surface area contributed by atoms with E-state index in [1.165, 1.54) is 11.3 Å². The normalized spacial score (nSPS) is 13.0. The topological polar surface area (TPSA) is 55.5 Å². The molecule has 0 fully saturated rings. The van der Waals surface area contributed by atoms with Gasteiger partial charge >= 0.3 is 0 Å². The molecule has 0 aliphatic carbocycles. The molecule has 3 nitrogen and oxygen atoms in total. The SMILES string of the molecule is COc1sc([C@@H](N)CO)cc1Br. The lowest BCUT2D eigenvalue weighted by Crippen LogP contribution is -2.12. The van der Waals surface area contributed by atoms with Gasteiger partial charge in [-0.05, 0) is 22.0 Å². The van der Waals surface area contributed by atoms with Crippen molar-refractivity contribution in [3.8, 4) is 5.06 Å². The molecule has 0 aromatic carbocycles.